The van der Waals surface area contributed by atoms with Crippen molar-refractivity contribution in [2.24, 2.45) is 0 Å². The van der Waals surface area contributed by atoms with E-state index in [1.165, 1.54) is 5.56 Å². The van der Waals surface area contributed by atoms with Crippen LogP contribution in [0.1, 0.15) is 31.2 Å². The van der Waals surface area contributed by atoms with Gasteiger partial charge in [-0.15, -0.1) is 0 Å². The van der Waals surface area contributed by atoms with Crippen LogP contribution >= 0.6 is 0 Å². The van der Waals surface area contributed by atoms with Crippen molar-refractivity contribution in [3.8, 4) is 11.5 Å². The van der Waals surface area contributed by atoms with Gasteiger partial charge in [-0.1, -0.05) is 6.07 Å². The third-order valence-corrected chi connectivity index (χ3v) is 5.68. The van der Waals surface area contributed by atoms with Gasteiger partial charge in [-0.3, -0.25) is 0 Å². The fourth-order valence-electron chi connectivity index (χ4n) is 4.39. The average Bonchev–Trinajstić information content (AvgIpc) is 2.96. The van der Waals surface area contributed by atoms with E-state index < -0.39 is 0 Å². The van der Waals surface area contributed by atoms with E-state index in [0.29, 0.717) is 17.5 Å². The number of aliphatic hydroxyl groups excluding tert-OH is 1. The molecule has 1 heterocycles. The summed E-state index contributed by atoms with van der Waals surface area (Å²) in [6.07, 6.45) is 3.56. The molecular formula is C19H29NO5. The summed E-state index contributed by atoms with van der Waals surface area (Å²) < 4.78 is 21.4. The number of aliphatic hydroxyl groups is 1. The van der Waals surface area contributed by atoms with Crippen LogP contribution in [-0.4, -0.2) is 63.6 Å². The molecule has 0 unspecified atom stereocenters. The van der Waals surface area contributed by atoms with E-state index in [1.54, 1.807) is 14.2 Å². The van der Waals surface area contributed by atoms with Gasteiger partial charge < -0.3 is 29.0 Å². The quantitative estimate of drug-likeness (QED) is 0.760. The smallest absolute Gasteiger partial charge is 0.188 e. The lowest BCUT2D eigenvalue weighted by Gasteiger charge is -2.43. The van der Waals surface area contributed by atoms with Gasteiger partial charge in [-0.2, -0.15) is 0 Å². The molecule has 0 radical (unpaired) electrons. The van der Waals surface area contributed by atoms with Crippen molar-refractivity contribution in [2.75, 3.05) is 41.4 Å². The molecule has 6 heteroatoms. The maximum Gasteiger partial charge on any atom is 0.188 e. The van der Waals surface area contributed by atoms with Crippen molar-refractivity contribution in [3.63, 3.8) is 0 Å². The number of rotatable bonds is 7. The van der Waals surface area contributed by atoms with Crippen LogP contribution in [0, 0.1) is 0 Å². The minimum atomic E-state index is -0.202. The lowest BCUT2D eigenvalue weighted by Crippen LogP contribution is -2.47. The highest BCUT2D eigenvalue weighted by molar-refractivity contribution is 5.46. The van der Waals surface area contributed by atoms with E-state index in [9.17, 15) is 5.11 Å². The van der Waals surface area contributed by atoms with Gasteiger partial charge in [0.2, 0.25) is 0 Å². The van der Waals surface area contributed by atoms with E-state index in [-0.39, 0.29) is 25.1 Å². The topological polar surface area (TPSA) is 60.4 Å². The van der Waals surface area contributed by atoms with Crippen LogP contribution in [0.2, 0.25) is 0 Å². The van der Waals surface area contributed by atoms with Crippen LogP contribution in [-0.2, 0) is 14.9 Å². The van der Waals surface area contributed by atoms with Crippen molar-refractivity contribution in [1.29, 1.82) is 0 Å². The Bertz CT molecular complexity index is 581. The number of hydrogen-bond donors (Lipinski definition) is 1. The Morgan fingerprint density at radius 1 is 1.12 bits per heavy atom. The zero-order valence-electron chi connectivity index (χ0n) is 15.4. The van der Waals surface area contributed by atoms with E-state index in [0.717, 1.165) is 32.2 Å². The van der Waals surface area contributed by atoms with E-state index in [2.05, 4.69) is 24.1 Å². The summed E-state index contributed by atoms with van der Waals surface area (Å²) in [6, 6.07) is 6.52. The number of nitrogens with zero attached hydrogens (tertiary/aromatic N) is 1. The number of hydrogen-bond acceptors (Lipinski definition) is 6. The van der Waals surface area contributed by atoms with Crippen molar-refractivity contribution >= 4 is 0 Å². The Balaban J connectivity index is 1.92. The second-order valence-corrected chi connectivity index (χ2v) is 7.09. The molecule has 1 aromatic carbocycles. The lowest BCUT2D eigenvalue weighted by molar-refractivity contribution is 0.0317. The Morgan fingerprint density at radius 3 is 2.56 bits per heavy atom. The molecule has 0 spiro atoms. The molecule has 2 aliphatic rings. The van der Waals surface area contributed by atoms with Gasteiger partial charge in [0.05, 0.1) is 6.10 Å². The number of likely N-dealkylation sites (N-methyl/N-ethyl adjacent to an activating group) is 1. The molecule has 1 aliphatic heterocycles. The van der Waals surface area contributed by atoms with Crippen LogP contribution in [0.3, 0.4) is 0 Å². The first-order valence-corrected chi connectivity index (χ1v) is 8.87. The zero-order valence-corrected chi connectivity index (χ0v) is 15.4. The van der Waals surface area contributed by atoms with Crippen LogP contribution in [0.15, 0.2) is 18.2 Å². The minimum absolute atomic E-state index is 0.0684. The Kier molecular flexibility index (Phi) is 5.84. The van der Waals surface area contributed by atoms with Crippen molar-refractivity contribution in [2.45, 2.75) is 43.2 Å². The fraction of sp³-hybridized carbons (Fsp3) is 0.684. The highest BCUT2D eigenvalue weighted by Crippen LogP contribution is 2.49. The molecule has 2 fully saturated rings. The first-order chi connectivity index (χ1) is 12.1. The molecule has 0 aromatic heterocycles. The van der Waals surface area contributed by atoms with E-state index >= 15 is 0 Å². The molecule has 25 heavy (non-hydrogen) atoms. The largest absolute Gasteiger partial charge is 0.464 e. The first kappa shape index (κ1) is 18.5. The first-order valence-electron chi connectivity index (χ1n) is 8.87. The highest BCUT2D eigenvalue weighted by Gasteiger charge is 2.50. The minimum Gasteiger partial charge on any atom is -0.464 e. The summed E-state index contributed by atoms with van der Waals surface area (Å²) in [7, 11) is 5.35. The van der Waals surface area contributed by atoms with E-state index in [4.69, 9.17) is 18.9 Å². The van der Waals surface area contributed by atoms with Crippen molar-refractivity contribution in [1.82, 2.24) is 4.90 Å². The monoisotopic (exact) mass is 351 g/mol. The van der Waals surface area contributed by atoms with Crippen molar-refractivity contribution < 1.29 is 24.1 Å². The van der Waals surface area contributed by atoms with Gasteiger partial charge in [0.25, 0.3) is 0 Å². The second kappa shape index (κ2) is 7.91. The second-order valence-electron chi connectivity index (χ2n) is 7.09. The molecule has 6 nitrogen and oxygen atoms in total. The molecule has 1 aromatic rings. The highest BCUT2D eigenvalue weighted by atomic mass is 16.7. The van der Waals surface area contributed by atoms with Gasteiger partial charge in [0.15, 0.2) is 25.1 Å². The number of likely N-dealkylation sites (tertiary alicyclic amines) is 1. The van der Waals surface area contributed by atoms with Gasteiger partial charge in [0.1, 0.15) is 0 Å². The Hall–Kier alpha value is -1.34. The number of methoxy groups -OCH3 is 2. The average molecular weight is 351 g/mol. The summed E-state index contributed by atoms with van der Waals surface area (Å²) in [5.74, 6) is 1.32. The standard InChI is InChI=1S/C19H29NO5/c1-20-9-8-19(7-6-15(21)11-18(19)20)14-4-5-16(24-12-22-2)17(10-14)25-13-23-3/h4-5,10,15,18,21H,6-9,11-13H2,1-3H3/t15-,18-,19-/m0/s1. The molecule has 1 aliphatic carbocycles. The normalized spacial score (nSPS) is 29.4. The summed E-state index contributed by atoms with van der Waals surface area (Å²) >= 11 is 0. The summed E-state index contributed by atoms with van der Waals surface area (Å²) in [4.78, 5) is 2.38. The van der Waals surface area contributed by atoms with Crippen LogP contribution in [0.25, 0.3) is 0 Å². The molecular weight excluding hydrogens is 322 g/mol. The van der Waals surface area contributed by atoms with Gasteiger partial charge in [-0.25, -0.2) is 0 Å². The number of benzene rings is 1. The predicted octanol–water partition coefficient (Wildman–Crippen LogP) is 2.14. The number of ether oxygens (including phenoxy) is 4. The molecule has 3 atom stereocenters. The molecule has 3 rings (SSSR count). The maximum absolute atomic E-state index is 10.1. The Morgan fingerprint density at radius 2 is 1.84 bits per heavy atom. The third kappa shape index (κ3) is 3.62. The number of fused-ring (bicyclic) bond motifs is 1. The summed E-state index contributed by atoms with van der Waals surface area (Å²) in [5, 5.41) is 10.1. The molecule has 1 N–H and O–H groups in total. The molecule has 0 amide bonds. The molecule has 1 saturated carbocycles. The summed E-state index contributed by atoms with van der Waals surface area (Å²) in [6.45, 7) is 1.39. The predicted molar refractivity (Wildman–Crippen MR) is 94.0 cm³/mol. The van der Waals surface area contributed by atoms with Gasteiger partial charge in [0, 0.05) is 25.7 Å². The molecule has 140 valence electrons. The van der Waals surface area contributed by atoms with E-state index in [1.807, 2.05) is 6.07 Å². The summed E-state index contributed by atoms with van der Waals surface area (Å²) in [5.41, 5.74) is 1.32. The molecule has 0 bridgehead atoms. The molecule has 1 saturated heterocycles. The van der Waals surface area contributed by atoms with Gasteiger partial charge in [-0.05, 0) is 57.0 Å². The fourth-order valence-corrected chi connectivity index (χ4v) is 4.39. The Labute approximate surface area is 149 Å². The van der Waals surface area contributed by atoms with Gasteiger partial charge >= 0.3 is 0 Å². The maximum atomic E-state index is 10.1. The lowest BCUT2D eigenvalue weighted by atomic mass is 9.65. The SMILES string of the molecule is COCOc1ccc([C@@]23CC[C@H](O)C[C@@H]2N(C)CC3)cc1OCOC. The zero-order chi connectivity index (χ0) is 17.9. The van der Waals surface area contributed by atoms with Crippen LogP contribution in [0.4, 0.5) is 0 Å². The third-order valence-electron chi connectivity index (χ3n) is 5.68. The van der Waals surface area contributed by atoms with Crippen molar-refractivity contribution in [3.05, 3.63) is 23.8 Å². The van der Waals surface area contributed by atoms with Crippen LogP contribution < -0.4 is 9.47 Å². The van der Waals surface area contributed by atoms with Crippen LogP contribution in [0.5, 0.6) is 11.5 Å².